The van der Waals surface area contributed by atoms with Crippen LogP contribution < -0.4 is 0 Å². The number of hydrogen-bond donors (Lipinski definition) is 2. The van der Waals surface area contributed by atoms with E-state index in [2.05, 4.69) is 0 Å². The minimum Gasteiger partial charge on any atom is -0.478 e. The Balaban J connectivity index is 2.27. The van der Waals surface area contributed by atoms with Crippen molar-refractivity contribution in [2.45, 2.75) is 31.8 Å². The van der Waals surface area contributed by atoms with E-state index in [1.807, 2.05) is 4.90 Å². The average Bonchev–Trinajstić information content (AvgIpc) is 2.46. The molecule has 2 rings (SSSR count). The van der Waals surface area contributed by atoms with E-state index >= 15 is 0 Å². The van der Waals surface area contributed by atoms with Crippen LogP contribution >= 0.6 is 0 Å². The first kappa shape index (κ1) is 14.6. The topological polar surface area (TPSA) is 87.1 Å². The van der Waals surface area contributed by atoms with Gasteiger partial charge in [0.1, 0.15) is 0 Å². The Hall–Kier alpha value is -1.82. The molecule has 110 valence electrons. The maximum absolute atomic E-state index is 11.4. The highest BCUT2D eigenvalue weighted by Crippen LogP contribution is 2.30. The molecule has 0 saturated carbocycles. The molecule has 1 fully saturated rings. The van der Waals surface area contributed by atoms with Crippen LogP contribution in [0.5, 0.6) is 0 Å². The van der Waals surface area contributed by atoms with E-state index in [-0.39, 0.29) is 17.3 Å². The summed E-state index contributed by atoms with van der Waals surface area (Å²) in [7, 11) is 1.67. The number of methoxy groups -OCH3 is 1. The predicted molar refractivity (Wildman–Crippen MR) is 71.2 cm³/mol. The molecule has 0 aromatic carbocycles. The van der Waals surface area contributed by atoms with Crippen LogP contribution in [-0.4, -0.2) is 53.4 Å². The van der Waals surface area contributed by atoms with Crippen molar-refractivity contribution in [3.8, 4) is 0 Å². The smallest absolute Gasteiger partial charge is 0.338 e. The fourth-order valence-corrected chi connectivity index (χ4v) is 2.85. The number of rotatable bonds is 4. The van der Waals surface area contributed by atoms with Crippen LogP contribution in [-0.2, 0) is 14.3 Å². The molecule has 0 atom stereocenters. The minimum atomic E-state index is -1.17. The van der Waals surface area contributed by atoms with Crippen molar-refractivity contribution in [3.63, 3.8) is 0 Å². The van der Waals surface area contributed by atoms with Gasteiger partial charge in [0, 0.05) is 25.9 Å². The maximum atomic E-state index is 11.4. The molecule has 0 unspecified atom stereocenters. The Morgan fingerprint density at radius 3 is 2.40 bits per heavy atom. The van der Waals surface area contributed by atoms with Gasteiger partial charge in [-0.15, -0.1) is 0 Å². The van der Waals surface area contributed by atoms with E-state index < -0.39 is 11.9 Å². The SMILES string of the molecule is COC1CCN(C2=C(C(=O)O)C(C(=O)O)=CCC2)CC1. The average molecular weight is 281 g/mol. The summed E-state index contributed by atoms with van der Waals surface area (Å²) in [6.45, 7) is 1.41. The van der Waals surface area contributed by atoms with Gasteiger partial charge < -0.3 is 19.8 Å². The summed E-state index contributed by atoms with van der Waals surface area (Å²) >= 11 is 0. The fourth-order valence-electron chi connectivity index (χ4n) is 2.85. The van der Waals surface area contributed by atoms with Crippen LogP contribution in [0.4, 0.5) is 0 Å². The number of carboxylic acids is 2. The quantitative estimate of drug-likeness (QED) is 0.806. The lowest BCUT2D eigenvalue weighted by Crippen LogP contribution is -2.38. The second kappa shape index (κ2) is 6.09. The number of carbonyl (C=O) groups is 2. The molecule has 0 spiro atoms. The minimum absolute atomic E-state index is 0.0559. The van der Waals surface area contributed by atoms with Crippen LogP contribution in [0.2, 0.25) is 0 Å². The molecule has 6 heteroatoms. The van der Waals surface area contributed by atoms with Gasteiger partial charge in [0.2, 0.25) is 0 Å². The highest BCUT2D eigenvalue weighted by Gasteiger charge is 2.31. The van der Waals surface area contributed by atoms with Crippen molar-refractivity contribution >= 4 is 11.9 Å². The molecule has 0 radical (unpaired) electrons. The molecule has 20 heavy (non-hydrogen) atoms. The molecule has 1 aliphatic carbocycles. The Morgan fingerprint density at radius 1 is 1.25 bits per heavy atom. The van der Waals surface area contributed by atoms with Crippen molar-refractivity contribution in [2.75, 3.05) is 20.2 Å². The number of allylic oxidation sites excluding steroid dienone is 2. The van der Waals surface area contributed by atoms with Gasteiger partial charge in [0.25, 0.3) is 0 Å². The standard InChI is InChI=1S/C14H19NO5/c1-20-9-5-7-15(8-6-9)11-4-2-3-10(13(16)17)12(11)14(18)19/h3,9H,2,4-8H2,1H3,(H,16,17)(H,18,19). The Bertz CT molecular complexity index is 472. The van der Waals surface area contributed by atoms with Crippen molar-refractivity contribution in [3.05, 3.63) is 22.9 Å². The summed E-state index contributed by atoms with van der Waals surface area (Å²) in [6, 6.07) is 0. The first-order valence-electron chi connectivity index (χ1n) is 6.72. The van der Waals surface area contributed by atoms with Crippen molar-refractivity contribution in [1.29, 1.82) is 0 Å². The van der Waals surface area contributed by atoms with Crippen LogP contribution in [0.1, 0.15) is 25.7 Å². The number of ether oxygens (including phenoxy) is 1. The Labute approximate surface area is 117 Å². The van der Waals surface area contributed by atoms with Crippen LogP contribution in [0.3, 0.4) is 0 Å². The fraction of sp³-hybridized carbons (Fsp3) is 0.571. The molecule has 0 bridgehead atoms. The normalized spacial score (nSPS) is 20.9. The first-order chi connectivity index (χ1) is 9.54. The third kappa shape index (κ3) is 2.85. The highest BCUT2D eigenvalue weighted by molar-refractivity contribution is 6.06. The highest BCUT2D eigenvalue weighted by atomic mass is 16.5. The largest absolute Gasteiger partial charge is 0.478 e. The lowest BCUT2D eigenvalue weighted by Gasteiger charge is -2.36. The molecule has 0 aromatic rings. The van der Waals surface area contributed by atoms with Crippen LogP contribution in [0.25, 0.3) is 0 Å². The van der Waals surface area contributed by atoms with E-state index in [9.17, 15) is 14.7 Å². The molecule has 1 aliphatic heterocycles. The summed E-state index contributed by atoms with van der Waals surface area (Å²) < 4.78 is 5.30. The Kier molecular flexibility index (Phi) is 4.44. The van der Waals surface area contributed by atoms with Gasteiger partial charge in [-0.3, -0.25) is 0 Å². The number of piperidine rings is 1. The summed E-state index contributed by atoms with van der Waals surface area (Å²) in [5.41, 5.74) is 0.499. The van der Waals surface area contributed by atoms with E-state index in [0.29, 0.717) is 31.6 Å². The van der Waals surface area contributed by atoms with Crippen LogP contribution in [0, 0.1) is 0 Å². The zero-order valence-corrected chi connectivity index (χ0v) is 11.5. The molecule has 1 saturated heterocycles. The third-order valence-corrected chi connectivity index (χ3v) is 3.89. The van der Waals surface area contributed by atoms with Gasteiger partial charge in [-0.1, -0.05) is 6.08 Å². The lowest BCUT2D eigenvalue weighted by atomic mass is 9.92. The second-order valence-corrected chi connectivity index (χ2v) is 5.01. The van der Waals surface area contributed by atoms with Gasteiger partial charge >= 0.3 is 11.9 Å². The zero-order valence-electron chi connectivity index (χ0n) is 11.5. The second-order valence-electron chi connectivity index (χ2n) is 5.01. The number of nitrogens with zero attached hydrogens (tertiary/aromatic N) is 1. The molecular weight excluding hydrogens is 262 g/mol. The van der Waals surface area contributed by atoms with Crippen molar-refractivity contribution < 1.29 is 24.5 Å². The lowest BCUT2D eigenvalue weighted by molar-refractivity contribution is -0.136. The zero-order chi connectivity index (χ0) is 14.7. The maximum Gasteiger partial charge on any atom is 0.338 e. The van der Waals surface area contributed by atoms with Crippen LogP contribution in [0.15, 0.2) is 22.9 Å². The summed E-state index contributed by atoms with van der Waals surface area (Å²) in [6.07, 6.45) is 4.52. The predicted octanol–water partition coefficient (Wildman–Crippen LogP) is 1.24. The van der Waals surface area contributed by atoms with Gasteiger partial charge in [-0.05, 0) is 25.7 Å². The van der Waals surface area contributed by atoms with E-state index in [1.54, 1.807) is 7.11 Å². The van der Waals surface area contributed by atoms with E-state index in [0.717, 1.165) is 12.8 Å². The number of likely N-dealkylation sites (tertiary alicyclic amines) is 1. The summed E-state index contributed by atoms with van der Waals surface area (Å²) in [4.78, 5) is 24.6. The molecule has 2 N–H and O–H groups in total. The van der Waals surface area contributed by atoms with Gasteiger partial charge in [-0.25, -0.2) is 9.59 Å². The van der Waals surface area contributed by atoms with Gasteiger partial charge in [0.15, 0.2) is 0 Å². The number of aliphatic carboxylic acids is 2. The Morgan fingerprint density at radius 2 is 1.90 bits per heavy atom. The first-order valence-corrected chi connectivity index (χ1v) is 6.72. The molecule has 0 aromatic heterocycles. The molecule has 1 heterocycles. The molecule has 2 aliphatic rings. The van der Waals surface area contributed by atoms with Gasteiger partial charge in [0.05, 0.1) is 17.3 Å². The van der Waals surface area contributed by atoms with E-state index in [1.165, 1.54) is 6.08 Å². The summed E-state index contributed by atoms with van der Waals surface area (Å²) in [5.74, 6) is -2.34. The van der Waals surface area contributed by atoms with Gasteiger partial charge in [-0.2, -0.15) is 0 Å². The summed E-state index contributed by atoms with van der Waals surface area (Å²) in [5, 5.41) is 18.5. The monoisotopic (exact) mass is 281 g/mol. The van der Waals surface area contributed by atoms with Crippen molar-refractivity contribution in [1.82, 2.24) is 4.90 Å². The number of carboxylic acid groups (broad SMARTS) is 2. The number of hydrogen-bond acceptors (Lipinski definition) is 4. The molecule has 0 amide bonds. The van der Waals surface area contributed by atoms with E-state index in [4.69, 9.17) is 9.84 Å². The molecular formula is C14H19NO5. The third-order valence-electron chi connectivity index (χ3n) is 3.89. The van der Waals surface area contributed by atoms with Crippen molar-refractivity contribution in [2.24, 2.45) is 0 Å². The molecule has 6 nitrogen and oxygen atoms in total.